The van der Waals surface area contributed by atoms with Crippen molar-refractivity contribution >= 4 is 11.9 Å². The van der Waals surface area contributed by atoms with E-state index in [9.17, 15) is 9.59 Å². The molecule has 0 spiro atoms. The zero-order valence-corrected chi connectivity index (χ0v) is 14.2. The van der Waals surface area contributed by atoms with Gasteiger partial charge in [-0.3, -0.25) is 14.6 Å². The molecule has 1 heterocycles. The Morgan fingerprint density at radius 1 is 1.12 bits per heavy atom. The first-order valence-corrected chi connectivity index (χ1v) is 7.80. The quantitative estimate of drug-likeness (QED) is 0.858. The molecule has 0 bridgehead atoms. The Hall–Kier alpha value is -2.69. The van der Waals surface area contributed by atoms with Crippen LogP contribution >= 0.6 is 0 Å². The number of esters is 1. The van der Waals surface area contributed by atoms with Crippen LogP contribution in [0, 0.1) is 0 Å². The Labute approximate surface area is 142 Å². The molecule has 0 aliphatic rings. The molecule has 0 saturated heterocycles. The Kier molecular flexibility index (Phi) is 5.68. The predicted molar refractivity (Wildman–Crippen MR) is 91.1 cm³/mol. The Morgan fingerprint density at radius 2 is 1.83 bits per heavy atom. The molecular formula is C19H22N2O3. The largest absolute Gasteiger partial charge is 0.447 e. The molecule has 1 N–H and O–H groups in total. The van der Waals surface area contributed by atoms with Gasteiger partial charge < -0.3 is 10.1 Å². The highest BCUT2D eigenvalue weighted by atomic mass is 16.5. The molecule has 1 aromatic carbocycles. The molecule has 126 valence electrons. The topological polar surface area (TPSA) is 68.3 Å². The van der Waals surface area contributed by atoms with Crippen LogP contribution < -0.4 is 5.32 Å². The van der Waals surface area contributed by atoms with E-state index in [1.165, 1.54) is 6.20 Å². The lowest BCUT2D eigenvalue weighted by molar-refractivity contribution is -0.156. The number of ether oxygens (including phenoxy) is 1. The number of carbonyl (C=O) groups is 2. The fourth-order valence-corrected chi connectivity index (χ4v) is 2.17. The smallest absolute Gasteiger partial charge is 0.311 e. The molecule has 24 heavy (non-hydrogen) atoms. The van der Waals surface area contributed by atoms with Gasteiger partial charge in [-0.1, -0.05) is 36.4 Å². The molecule has 0 saturated carbocycles. The average molecular weight is 326 g/mol. The van der Waals surface area contributed by atoms with Crippen LogP contribution in [0.25, 0.3) is 0 Å². The van der Waals surface area contributed by atoms with Crippen LogP contribution in [0.4, 0.5) is 0 Å². The minimum Gasteiger partial charge on any atom is -0.447 e. The number of benzene rings is 1. The zero-order valence-electron chi connectivity index (χ0n) is 14.2. The van der Waals surface area contributed by atoms with Gasteiger partial charge >= 0.3 is 5.97 Å². The first kappa shape index (κ1) is 17.7. The highest BCUT2D eigenvalue weighted by molar-refractivity contribution is 5.85. The van der Waals surface area contributed by atoms with E-state index < -0.39 is 17.6 Å². The molecule has 2 aromatic rings. The fourth-order valence-electron chi connectivity index (χ4n) is 2.17. The first-order valence-electron chi connectivity index (χ1n) is 7.80. The second kappa shape index (κ2) is 7.73. The molecule has 1 atom stereocenters. The molecule has 1 unspecified atom stereocenters. The minimum absolute atomic E-state index is 0.112. The lowest BCUT2D eigenvalue weighted by atomic mass is 10.1. The number of hydrogen-bond acceptors (Lipinski definition) is 4. The average Bonchev–Trinajstić information content (AvgIpc) is 2.52. The molecule has 0 fully saturated rings. The summed E-state index contributed by atoms with van der Waals surface area (Å²) in [5.74, 6) is -0.823. The van der Waals surface area contributed by atoms with Crippen LogP contribution in [0.5, 0.6) is 0 Å². The van der Waals surface area contributed by atoms with E-state index in [-0.39, 0.29) is 12.3 Å². The van der Waals surface area contributed by atoms with Crippen molar-refractivity contribution in [2.45, 2.75) is 38.8 Å². The molecule has 0 aliphatic heterocycles. The second-order valence-electron chi connectivity index (χ2n) is 6.56. The number of rotatable bonds is 5. The van der Waals surface area contributed by atoms with E-state index in [4.69, 9.17) is 4.74 Å². The summed E-state index contributed by atoms with van der Waals surface area (Å²) in [7, 11) is 0. The zero-order chi connectivity index (χ0) is 17.6. The monoisotopic (exact) mass is 326 g/mol. The maximum atomic E-state index is 12.5. The lowest BCUT2D eigenvalue weighted by Crippen LogP contribution is -2.44. The molecule has 1 aromatic heterocycles. The van der Waals surface area contributed by atoms with Crippen LogP contribution in [0.2, 0.25) is 0 Å². The maximum absolute atomic E-state index is 12.5. The lowest BCUT2D eigenvalue weighted by Gasteiger charge is -2.25. The SMILES string of the molecule is CC(C)(C)NC(=O)C(OC(=O)Cc1ccccc1)c1cccnc1. The molecule has 0 radical (unpaired) electrons. The number of pyridine rings is 1. The summed E-state index contributed by atoms with van der Waals surface area (Å²) in [5, 5.41) is 2.84. The van der Waals surface area contributed by atoms with Crippen molar-refractivity contribution in [3.8, 4) is 0 Å². The van der Waals surface area contributed by atoms with Crippen LogP contribution in [-0.4, -0.2) is 22.4 Å². The summed E-state index contributed by atoms with van der Waals surface area (Å²) < 4.78 is 5.46. The summed E-state index contributed by atoms with van der Waals surface area (Å²) in [6.07, 6.45) is 2.23. The Morgan fingerprint density at radius 3 is 2.42 bits per heavy atom. The maximum Gasteiger partial charge on any atom is 0.311 e. The van der Waals surface area contributed by atoms with Gasteiger partial charge in [0.05, 0.1) is 6.42 Å². The van der Waals surface area contributed by atoms with Gasteiger partial charge in [0.15, 0.2) is 0 Å². The van der Waals surface area contributed by atoms with Gasteiger partial charge in [-0.05, 0) is 32.4 Å². The van der Waals surface area contributed by atoms with Crippen LogP contribution in [0.15, 0.2) is 54.9 Å². The molecule has 2 rings (SSSR count). The van der Waals surface area contributed by atoms with Crippen LogP contribution in [0.3, 0.4) is 0 Å². The van der Waals surface area contributed by atoms with E-state index >= 15 is 0 Å². The fraction of sp³-hybridized carbons (Fsp3) is 0.316. The Balaban J connectivity index is 2.14. The summed E-state index contributed by atoms with van der Waals surface area (Å²) in [5.41, 5.74) is 0.952. The summed E-state index contributed by atoms with van der Waals surface area (Å²) in [4.78, 5) is 28.8. The standard InChI is InChI=1S/C19H22N2O3/c1-19(2,3)21-18(23)17(15-10-7-11-20-13-15)24-16(22)12-14-8-5-4-6-9-14/h4-11,13,17H,12H2,1-3H3,(H,21,23). The third-order valence-corrected chi connectivity index (χ3v) is 3.16. The predicted octanol–water partition coefficient (Wildman–Crippen LogP) is 2.82. The van der Waals surface area contributed by atoms with Crippen molar-refractivity contribution in [3.63, 3.8) is 0 Å². The normalized spacial score (nSPS) is 12.3. The van der Waals surface area contributed by atoms with Gasteiger partial charge in [-0.25, -0.2) is 0 Å². The first-order chi connectivity index (χ1) is 11.3. The molecule has 5 nitrogen and oxygen atoms in total. The summed E-state index contributed by atoms with van der Waals surface area (Å²) >= 11 is 0. The number of aromatic nitrogens is 1. The Bertz CT molecular complexity index is 679. The van der Waals surface area contributed by atoms with Crippen LogP contribution in [-0.2, 0) is 20.7 Å². The molecular weight excluding hydrogens is 304 g/mol. The number of amides is 1. The number of hydrogen-bond donors (Lipinski definition) is 1. The van der Waals surface area contributed by atoms with Crippen molar-refractivity contribution in [2.75, 3.05) is 0 Å². The van der Waals surface area contributed by atoms with Gasteiger partial charge in [0.1, 0.15) is 0 Å². The summed E-state index contributed by atoms with van der Waals surface area (Å²) in [6, 6.07) is 12.7. The number of nitrogens with zero attached hydrogens (tertiary/aromatic N) is 1. The van der Waals surface area contributed by atoms with E-state index in [0.717, 1.165) is 5.56 Å². The van der Waals surface area contributed by atoms with Crippen molar-refractivity contribution in [1.29, 1.82) is 0 Å². The van der Waals surface area contributed by atoms with Gasteiger partial charge in [0.2, 0.25) is 6.10 Å². The highest BCUT2D eigenvalue weighted by Gasteiger charge is 2.28. The van der Waals surface area contributed by atoms with Gasteiger partial charge in [-0.2, -0.15) is 0 Å². The molecule has 0 aliphatic carbocycles. The molecule has 5 heteroatoms. The van der Waals surface area contributed by atoms with Crippen LogP contribution in [0.1, 0.15) is 38.0 Å². The summed E-state index contributed by atoms with van der Waals surface area (Å²) in [6.45, 7) is 5.62. The van der Waals surface area contributed by atoms with Gasteiger partial charge in [-0.15, -0.1) is 0 Å². The van der Waals surface area contributed by atoms with E-state index in [2.05, 4.69) is 10.3 Å². The van der Waals surface area contributed by atoms with Gasteiger partial charge in [0, 0.05) is 23.5 Å². The highest BCUT2D eigenvalue weighted by Crippen LogP contribution is 2.19. The van der Waals surface area contributed by atoms with E-state index in [0.29, 0.717) is 5.56 Å². The van der Waals surface area contributed by atoms with Crippen molar-refractivity contribution in [1.82, 2.24) is 10.3 Å². The van der Waals surface area contributed by atoms with E-state index in [1.54, 1.807) is 18.3 Å². The number of nitrogens with one attached hydrogen (secondary N) is 1. The molecule has 1 amide bonds. The van der Waals surface area contributed by atoms with E-state index in [1.807, 2.05) is 51.1 Å². The van der Waals surface area contributed by atoms with Crippen molar-refractivity contribution in [2.24, 2.45) is 0 Å². The third-order valence-electron chi connectivity index (χ3n) is 3.16. The third kappa shape index (κ3) is 5.50. The second-order valence-corrected chi connectivity index (χ2v) is 6.56. The van der Waals surface area contributed by atoms with Gasteiger partial charge in [0.25, 0.3) is 5.91 Å². The van der Waals surface area contributed by atoms with Crippen molar-refractivity contribution < 1.29 is 14.3 Å². The van der Waals surface area contributed by atoms with Crippen molar-refractivity contribution in [3.05, 3.63) is 66.0 Å². The minimum atomic E-state index is -1.02. The number of carbonyl (C=O) groups excluding carboxylic acids is 2.